The molecule has 16 heavy (non-hydrogen) atoms. The number of aromatic nitrogens is 2. The lowest BCUT2D eigenvalue weighted by molar-refractivity contribution is 0.0690. The van der Waals surface area contributed by atoms with Gasteiger partial charge in [0.05, 0.1) is 5.02 Å². The lowest BCUT2D eigenvalue weighted by atomic mass is 10.2. The second kappa shape index (κ2) is 4.28. The van der Waals surface area contributed by atoms with Crippen LogP contribution in [0.25, 0.3) is 11.4 Å². The highest BCUT2D eigenvalue weighted by Crippen LogP contribution is 2.24. The number of carboxylic acids is 1. The first kappa shape index (κ1) is 10.6. The van der Waals surface area contributed by atoms with E-state index in [0.29, 0.717) is 16.4 Å². The van der Waals surface area contributed by atoms with E-state index in [-0.39, 0.29) is 5.69 Å². The van der Waals surface area contributed by atoms with Gasteiger partial charge in [-0.1, -0.05) is 23.7 Å². The van der Waals surface area contributed by atoms with Gasteiger partial charge in [-0.15, -0.1) is 0 Å². The highest BCUT2D eigenvalue weighted by Gasteiger charge is 2.09. The molecule has 0 atom stereocenters. The number of hydrogen-bond acceptors (Lipinski definition) is 3. The number of carboxylic acid groups (broad SMARTS) is 1. The van der Waals surface area contributed by atoms with Crippen molar-refractivity contribution in [1.29, 1.82) is 0 Å². The molecule has 0 bridgehead atoms. The average molecular weight is 235 g/mol. The van der Waals surface area contributed by atoms with Gasteiger partial charge in [0.25, 0.3) is 0 Å². The summed E-state index contributed by atoms with van der Waals surface area (Å²) in [6.07, 6.45) is 1.40. The van der Waals surface area contributed by atoms with E-state index in [1.54, 1.807) is 24.3 Å². The van der Waals surface area contributed by atoms with Crippen LogP contribution in [0.4, 0.5) is 0 Å². The number of aromatic carboxylic acids is 1. The van der Waals surface area contributed by atoms with E-state index >= 15 is 0 Å². The summed E-state index contributed by atoms with van der Waals surface area (Å²) in [4.78, 5) is 18.6. The van der Waals surface area contributed by atoms with Gasteiger partial charge in [0.1, 0.15) is 0 Å². The normalized spacial score (nSPS) is 10.1. The summed E-state index contributed by atoms with van der Waals surface area (Å²) in [6.45, 7) is 0. The van der Waals surface area contributed by atoms with Gasteiger partial charge in [-0.2, -0.15) is 0 Å². The van der Waals surface area contributed by atoms with Crippen LogP contribution in [-0.2, 0) is 0 Å². The Bertz CT molecular complexity index is 543. The maximum atomic E-state index is 10.7. The summed E-state index contributed by atoms with van der Waals surface area (Å²) in [5.74, 6) is -0.777. The summed E-state index contributed by atoms with van der Waals surface area (Å²) in [6, 6.07) is 8.35. The van der Waals surface area contributed by atoms with Crippen molar-refractivity contribution < 1.29 is 9.90 Å². The van der Waals surface area contributed by atoms with Gasteiger partial charge in [0.15, 0.2) is 11.5 Å². The smallest absolute Gasteiger partial charge is 0.354 e. The van der Waals surface area contributed by atoms with Crippen LogP contribution in [-0.4, -0.2) is 21.0 Å². The minimum atomic E-state index is -1.09. The van der Waals surface area contributed by atoms with Gasteiger partial charge >= 0.3 is 5.97 Å². The predicted molar refractivity (Wildman–Crippen MR) is 59.4 cm³/mol. The van der Waals surface area contributed by atoms with E-state index < -0.39 is 5.97 Å². The lowest BCUT2D eigenvalue weighted by Crippen LogP contribution is -2.02. The van der Waals surface area contributed by atoms with Gasteiger partial charge in [0, 0.05) is 11.8 Å². The highest BCUT2D eigenvalue weighted by molar-refractivity contribution is 6.33. The minimum absolute atomic E-state index is 0.0510. The highest BCUT2D eigenvalue weighted by atomic mass is 35.5. The van der Waals surface area contributed by atoms with Crippen LogP contribution in [0.5, 0.6) is 0 Å². The van der Waals surface area contributed by atoms with E-state index in [1.165, 1.54) is 12.3 Å². The number of nitrogens with zero attached hydrogens (tertiary/aromatic N) is 2. The molecule has 1 aromatic carbocycles. The third kappa shape index (κ3) is 2.01. The van der Waals surface area contributed by atoms with E-state index in [9.17, 15) is 4.79 Å². The van der Waals surface area contributed by atoms with Crippen LogP contribution in [0.15, 0.2) is 36.5 Å². The molecule has 0 aliphatic heterocycles. The molecule has 0 unspecified atom stereocenters. The van der Waals surface area contributed by atoms with Gasteiger partial charge < -0.3 is 5.11 Å². The standard InChI is InChI=1S/C11H7ClN2O2/c12-8-4-2-1-3-7(8)10-13-6-5-9(14-10)11(15)16/h1-6H,(H,15,16). The Balaban J connectivity index is 2.53. The van der Waals surface area contributed by atoms with Crippen molar-refractivity contribution in [3.8, 4) is 11.4 Å². The molecule has 2 aromatic rings. The SMILES string of the molecule is O=C(O)c1ccnc(-c2ccccc2Cl)n1. The molecule has 0 aliphatic carbocycles. The van der Waals surface area contributed by atoms with Gasteiger partial charge in [-0.05, 0) is 18.2 Å². The number of benzene rings is 1. The van der Waals surface area contributed by atoms with Gasteiger partial charge in [-0.25, -0.2) is 14.8 Å². The van der Waals surface area contributed by atoms with Crippen LogP contribution in [0.3, 0.4) is 0 Å². The summed E-state index contributed by atoms with van der Waals surface area (Å²) < 4.78 is 0. The monoisotopic (exact) mass is 234 g/mol. The maximum absolute atomic E-state index is 10.7. The Morgan fingerprint density at radius 3 is 2.69 bits per heavy atom. The van der Waals surface area contributed by atoms with Crippen LogP contribution in [0, 0.1) is 0 Å². The molecule has 0 radical (unpaired) electrons. The molecule has 1 aromatic heterocycles. The van der Waals surface area contributed by atoms with Crippen molar-refractivity contribution in [2.24, 2.45) is 0 Å². The zero-order valence-electron chi connectivity index (χ0n) is 8.09. The number of carbonyl (C=O) groups is 1. The molecule has 2 rings (SSSR count). The third-order valence-corrected chi connectivity index (χ3v) is 2.32. The largest absolute Gasteiger partial charge is 0.477 e. The number of hydrogen-bond donors (Lipinski definition) is 1. The Morgan fingerprint density at radius 1 is 1.25 bits per heavy atom. The first-order valence-electron chi connectivity index (χ1n) is 4.50. The fraction of sp³-hybridized carbons (Fsp3) is 0. The molecule has 0 saturated heterocycles. The van der Waals surface area contributed by atoms with Crippen LogP contribution in [0.1, 0.15) is 10.5 Å². The topological polar surface area (TPSA) is 63.1 Å². The fourth-order valence-electron chi connectivity index (χ4n) is 1.25. The fourth-order valence-corrected chi connectivity index (χ4v) is 1.47. The number of rotatable bonds is 2. The Morgan fingerprint density at radius 2 is 2.00 bits per heavy atom. The summed E-state index contributed by atoms with van der Waals surface area (Å²) in [7, 11) is 0. The molecule has 0 fully saturated rings. The third-order valence-electron chi connectivity index (χ3n) is 1.99. The van der Waals surface area contributed by atoms with Crippen LogP contribution < -0.4 is 0 Å². The zero-order chi connectivity index (χ0) is 11.5. The summed E-state index contributed by atoms with van der Waals surface area (Å²) >= 11 is 5.96. The molecular weight excluding hydrogens is 228 g/mol. The quantitative estimate of drug-likeness (QED) is 0.867. The Hall–Kier alpha value is -1.94. The minimum Gasteiger partial charge on any atom is -0.477 e. The van der Waals surface area contributed by atoms with Crippen molar-refractivity contribution in [2.45, 2.75) is 0 Å². The van der Waals surface area contributed by atoms with Crippen molar-refractivity contribution in [1.82, 2.24) is 9.97 Å². The van der Waals surface area contributed by atoms with Crippen molar-refractivity contribution in [3.63, 3.8) is 0 Å². The summed E-state index contributed by atoms with van der Waals surface area (Å²) in [5.41, 5.74) is 0.567. The second-order valence-corrected chi connectivity index (χ2v) is 3.46. The first-order chi connectivity index (χ1) is 7.68. The molecular formula is C11H7ClN2O2. The van der Waals surface area contributed by atoms with Crippen molar-refractivity contribution >= 4 is 17.6 Å². The Labute approximate surface area is 96.6 Å². The number of halogens is 1. The molecule has 1 heterocycles. The zero-order valence-corrected chi connectivity index (χ0v) is 8.85. The van der Waals surface area contributed by atoms with Crippen LogP contribution >= 0.6 is 11.6 Å². The van der Waals surface area contributed by atoms with Crippen LogP contribution in [0.2, 0.25) is 5.02 Å². The predicted octanol–water partition coefficient (Wildman–Crippen LogP) is 2.50. The van der Waals surface area contributed by atoms with Gasteiger partial charge in [-0.3, -0.25) is 0 Å². The molecule has 5 heteroatoms. The molecule has 0 aliphatic rings. The maximum Gasteiger partial charge on any atom is 0.354 e. The molecule has 0 amide bonds. The van der Waals surface area contributed by atoms with E-state index in [0.717, 1.165) is 0 Å². The van der Waals surface area contributed by atoms with E-state index in [2.05, 4.69) is 9.97 Å². The van der Waals surface area contributed by atoms with Crippen molar-refractivity contribution in [3.05, 3.63) is 47.2 Å². The van der Waals surface area contributed by atoms with E-state index in [1.807, 2.05) is 0 Å². The lowest BCUT2D eigenvalue weighted by Gasteiger charge is -2.02. The Kier molecular flexibility index (Phi) is 2.83. The second-order valence-electron chi connectivity index (χ2n) is 3.05. The molecule has 4 nitrogen and oxygen atoms in total. The average Bonchev–Trinajstić information content (AvgIpc) is 2.30. The molecule has 0 saturated carbocycles. The first-order valence-corrected chi connectivity index (χ1v) is 4.87. The summed E-state index contributed by atoms with van der Waals surface area (Å²) in [5, 5.41) is 9.29. The molecule has 0 spiro atoms. The molecule has 1 N–H and O–H groups in total. The van der Waals surface area contributed by atoms with E-state index in [4.69, 9.17) is 16.7 Å². The van der Waals surface area contributed by atoms with Crippen molar-refractivity contribution in [2.75, 3.05) is 0 Å². The molecule has 80 valence electrons. The van der Waals surface area contributed by atoms with Gasteiger partial charge in [0.2, 0.25) is 0 Å².